The first-order valence-corrected chi connectivity index (χ1v) is 7.99. The van der Waals surface area contributed by atoms with E-state index in [1.807, 2.05) is 0 Å². The van der Waals surface area contributed by atoms with Gasteiger partial charge >= 0.3 is 0 Å². The molecule has 0 amide bonds. The molecular weight excluding hydrogens is 274 g/mol. The largest absolute Gasteiger partial charge is 0.378 e. The number of thiazole rings is 1. The van der Waals surface area contributed by atoms with E-state index in [9.17, 15) is 0 Å². The lowest BCUT2D eigenvalue weighted by Gasteiger charge is -2.30. The summed E-state index contributed by atoms with van der Waals surface area (Å²) in [5.41, 5.74) is 1.06. The summed E-state index contributed by atoms with van der Waals surface area (Å²) in [5.74, 6) is 0. The standard InChI is InChI=1S/C14H25N3O2S/c1-10(2)15-7-13-12(9-18-4)16-14(20-13)17-5-6-19-11(3)8-17/h10-11,15H,5-9H2,1-4H3. The third-order valence-electron chi connectivity index (χ3n) is 3.23. The number of ether oxygens (including phenoxy) is 2. The van der Waals surface area contributed by atoms with Gasteiger partial charge in [-0.15, -0.1) is 11.3 Å². The van der Waals surface area contributed by atoms with E-state index in [1.165, 1.54) is 4.88 Å². The normalized spacial score (nSPS) is 19.9. The number of hydrogen-bond acceptors (Lipinski definition) is 6. The summed E-state index contributed by atoms with van der Waals surface area (Å²) in [6, 6.07) is 0.472. The van der Waals surface area contributed by atoms with E-state index in [-0.39, 0.29) is 6.10 Å². The number of nitrogens with one attached hydrogen (secondary N) is 1. The molecule has 2 heterocycles. The highest BCUT2D eigenvalue weighted by Crippen LogP contribution is 2.28. The van der Waals surface area contributed by atoms with Gasteiger partial charge in [0.2, 0.25) is 0 Å². The van der Waals surface area contributed by atoms with Gasteiger partial charge in [-0.2, -0.15) is 0 Å². The third-order valence-corrected chi connectivity index (χ3v) is 4.39. The van der Waals surface area contributed by atoms with Crippen LogP contribution in [0.4, 0.5) is 5.13 Å². The molecule has 1 aromatic heterocycles. The van der Waals surface area contributed by atoms with Crippen LogP contribution in [0.3, 0.4) is 0 Å². The summed E-state index contributed by atoms with van der Waals surface area (Å²) in [4.78, 5) is 8.35. The molecule has 1 fully saturated rings. The maximum atomic E-state index is 5.59. The summed E-state index contributed by atoms with van der Waals surface area (Å²) < 4.78 is 10.9. The van der Waals surface area contributed by atoms with Gasteiger partial charge in [-0.25, -0.2) is 4.98 Å². The molecule has 0 saturated carbocycles. The zero-order valence-corrected chi connectivity index (χ0v) is 13.6. The van der Waals surface area contributed by atoms with Gasteiger partial charge in [0.25, 0.3) is 0 Å². The summed E-state index contributed by atoms with van der Waals surface area (Å²) in [7, 11) is 1.72. The van der Waals surface area contributed by atoms with Crippen molar-refractivity contribution in [3.63, 3.8) is 0 Å². The van der Waals surface area contributed by atoms with Gasteiger partial charge in [0.15, 0.2) is 5.13 Å². The van der Waals surface area contributed by atoms with Crippen molar-refractivity contribution in [1.82, 2.24) is 10.3 Å². The van der Waals surface area contributed by atoms with Crippen LogP contribution in [0.25, 0.3) is 0 Å². The molecule has 1 aliphatic rings. The summed E-state index contributed by atoms with van der Waals surface area (Å²) >= 11 is 1.77. The first-order valence-electron chi connectivity index (χ1n) is 7.17. The Morgan fingerprint density at radius 3 is 3.00 bits per heavy atom. The number of anilines is 1. The van der Waals surface area contributed by atoms with Gasteiger partial charge in [0.05, 0.1) is 25.0 Å². The first-order chi connectivity index (χ1) is 9.60. The van der Waals surface area contributed by atoms with Crippen LogP contribution in [-0.4, -0.2) is 43.9 Å². The Balaban J connectivity index is 2.10. The van der Waals surface area contributed by atoms with Crippen LogP contribution >= 0.6 is 11.3 Å². The number of methoxy groups -OCH3 is 1. The van der Waals surface area contributed by atoms with Gasteiger partial charge in [0, 0.05) is 37.7 Å². The molecular formula is C14H25N3O2S. The van der Waals surface area contributed by atoms with Crippen LogP contribution in [0.15, 0.2) is 0 Å². The van der Waals surface area contributed by atoms with Gasteiger partial charge in [-0.1, -0.05) is 13.8 Å². The van der Waals surface area contributed by atoms with E-state index >= 15 is 0 Å². The predicted octanol–water partition coefficient (Wildman–Crippen LogP) is 2.01. The van der Waals surface area contributed by atoms with Crippen molar-refractivity contribution in [2.24, 2.45) is 0 Å². The lowest BCUT2D eigenvalue weighted by atomic mass is 10.3. The number of aromatic nitrogens is 1. The van der Waals surface area contributed by atoms with Gasteiger partial charge in [-0.05, 0) is 6.92 Å². The van der Waals surface area contributed by atoms with Crippen molar-refractivity contribution in [1.29, 1.82) is 0 Å². The fraction of sp³-hybridized carbons (Fsp3) is 0.786. The zero-order chi connectivity index (χ0) is 14.5. The van der Waals surface area contributed by atoms with Gasteiger partial charge < -0.3 is 19.7 Å². The molecule has 2 rings (SSSR count). The summed E-state index contributed by atoms with van der Waals surface area (Å²) in [6.45, 7) is 10.5. The minimum absolute atomic E-state index is 0.274. The molecule has 20 heavy (non-hydrogen) atoms. The lowest BCUT2D eigenvalue weighted by molar-refractivity contribution is 0.0532. The molecule has 0 aliphatic carbocycles. The molecule has 1 aromatic rings. The quantitative estimate of drug-likeness (QED) is 0.871. The SMILES string of the molecule is COCc1nc(N2CCOC(C)C2)sc1CNC(C)C. The number of hydrogen-bond donors (Lipinski definition) is 1. The average molecular weight is 299 g/mol. The molecule has 1 saturated heterocycles. The molecule has 6 heteroatoms. The molecule has 5 nitrogen and oxygen atoms in total. The Morgan fingerprint density at radius 2 is 2.35 bits per heavy atom. The summed E-state index contributed by atoms with van der Waals surface area (Å²) in [6.07, 6.45) is 0.274. The maximum absolute atomic E-state index is 5.59. The second-order valence-electron chi connectivity index (χ2n) is 5.46. The van der Waals surface area contributed by atoms with Crippen molar-refractivity contribution < 1.29 is 9.47 Å². The highest BCUT2D eigenvalue weighted by atomic mass is 32.1. The van der Waals surface area contributed by atoms with Crippen LogP contribution < -0.4 is 10.2 Å². The average Bonchev–Trinajstić information content (AvgIpc) is 2.80. The van der Waals surface area contributed by atoms with Crippen LogP contribution in [0.5, 0.6) is 0 Å². The Morgan fingerprint density at radius 1 is 1.55 bits per heavy atom. The molecule has 1 aliphatic heterocycles. The fourth-order valence-electron chi connectivity index (χ4n) is 2.18. The van der Waals surface area contributed by atoms with E-state index in [1.54, 1.807) is 18.4 Å². The van der Waals surface area contributed by atoms with Crippen molar-refractivity contribution in [3.8, 4) is 0 Å². The lowest BCUT2D eigenvalue weighted by Crippen LogP contribution is -2.41. The summed E-state index contributed by atoms with van der Waals surface area (Å²) in [5, 5.41) is 4.55. The van der Waals surface area contributed by atoms with E-state index < -0.39 is 0 Å². The fourth-order valence-corrected chi connectivity index (χ4v) is 3.23. The Labute approximate surface area is 125 Å². The molecule has 114 valence electrons. The molecule has 1 N–H and O–H groups in total. The van der Waals surface area contributed by atoms with Crippen molar-refractivity contribution in [3.05, 3.63) is 10.6 Å². The van der Waals surface area contributed by atoms with Gasteiger partial charge in [0.1, 0.15) is 0 Å². The molecule has 0 bridgehead atoms. The van der Waals surface area contributed by atoms with Crippen molar-refractivity contribution >= 4 is 16.5 Å². The molecule has 0 radical (unpaired) electrons. The minimum atomic E-state index is 0.274. The van der Waals surface area contributed by atoms with E-state index in [0.29, 0.717) is 12.6 Å². The minimum Gasteiger partial charge on any atom is -0.378 e. The smallest absolute Gasteiger partial charge is 0.186 e. The number of morpholine rings is 1. The first kappa shape index (κ1) is 15.7. The van der Waals surface area contributed by atoms with E-state index in [0.717, 1.165) is 37.1 Å². The van der Waals surface area contributed by atoms with Gasteiger partial charge in [-0.3, -0.25) is 0 Å². The van der Waals surface area contributed by atoms with Crippen LogP contribution in [0.1, 0.15) is 31.3 Å². The predicted molar refractivity (Wildman–Crippen MR) is 82.4 cm³/mol. The second-order valence-corrected chi connectivity index (χ2v) is 6.52. The Hall–Kier alpha value is -0.690. The van der Waals surface area contributed by atoms with E-state index in [2.05, 4.69) is 31.0 Å². The van der Waals surface area contributed by atoms with Crippen LogP contribution in [0.2, 0.25) is 0 Å². The Kier molecular flexibility index (Phi) is 5.77. The van der Waals surface area contributed by atoms with Crippen molar-refractivity contribution in [2.45, 2.75) is 46.1 Å². The highest BCUT2D eigenvalue weighted by Gasteiger charge is 2.21. The maximum Gasteiger partial charge on any atom is 0.186 e. The number of rotatable bonds is 6. The van der Waals surface area contributed by atoms with E-state index in [4.69, 9.17) is 14.5 Å². The molecule has 1 unspecified atom stereocenters. The molecule has 0 aromatic carbocycles. The molecule has 1 atom stereocenters. The monoisotopic (exact) mass is 299 g/mol. The topological polar surface area (TPSA) is 46.6 Å². The second kappa shape index (κ2) is 7.36. The molecule has 0 spiro atoms. The van der Waals surface area contributed by atoms with Crippen LogP contribution in [0, 0.1) is 0 Å². The third kappa shape index (κ3) is 4.15. The highest BCUT2D eigenvalue weighted by molar-refractivity contribution is 7.15. The Bertz CT molecular complexity index is 423. The zero-order valence-electron chi connectivity index (χ0n) is 12.8. The van der Waals surface area contributed by atoms with Crippen LogP contribution in [-0.2, 0) is 22.6 Å². The van der Waals surface area contributed by atoms with Crippen molar-refractivity contribution in [2.75, 3.05) is 31.7 Å². The number of nitrogens with zero attached hydrogens (tertiary/aromatic N) is 2.